The lowest BCUT2D eigenvalue weighted by Gasteiger charge is -2.39. The average molecular weight is 295 g/mol. The first-order chi connectivity index (χ1) is 9.59. The third-order valence-electron chi connectivity index (χ3n) is 4.33. The Bertz CT molecular complexity index is 420. The molecule has 1 aliphatic rings. The first-order valence-corrected chi connectivity index (χ1v) is 8.35. The molecule has 1 amide bonds. The highest BCUT2D eigenvalue weighted by atomic mass is 32.1. The molecule has 0 aromatic carbocycles. The molecule has 5 heteroatoms. The van der Waals surface area contributed by atoms with E-state index < -0.39 is 5.54 Å². The van der Waals surface area contributed by atoms with Crippen LogP contribution < -0.4 is 5.73 Å². The van der Waals surface area contributed by atoms with Crippen LogP contribution in [0.1, 0.15) is 32.3 Å². The molecular formula is C15H25N3OS. The minimum absolute atomic E-state index is 0.123. The van der Waals surface area contributed by atoms with Gasteiger partial charge < -0.3 is 10.6 Å². The maximum atomic E-state index is 12.5. The summed E-state index contributed by atoms with van der Waals surface area (Å²) in [6.45, 7) is 8.43. The fourth-order valence-corrected chi connectivity index (χ4v) is 3.28. The summed E-state index contributed by atoms with van der Waals surface area (Å²) in [5, 5.41) is 4.30. The zero-order chi connectivity index (χ0) is 14.6. The minimum Gasteiger partial charge on any atom is -0.339 e. The van der Waals surface area contributed by atoms with Gasteiger partial charge in [0.1, 0.15) is 0 Å². The van der Waals surface area contributed by atoms with Crippen LogP contribution in [-0.2, 0) is 11.3 Å². The number of nitrogens with zero attached hydrogens (tertiary/aromatic N) is 2. The molecule has 0 bridgehead atoms. The minimum atomic E-state index is -0.671. The maximum Gasteiger partial charge on any atom is 0.242 e. The lowest BCUT2D eigenvalue weighted by atomic mass is 9.92. The Morgan fingerprint density at radius 1 is 1.30 bits per heavy atom. The number of thiophene rings is 1. The third kappa shape index (κ3) is 3.40. The Morgan fingerprint density at radius 3 is 2.45 bits per heavy atom. The van der Waals surface area contributed by atoms with E-state index in [-0.39, 0.29) is 5.91 Å². The molecule has 0 radical (unpaired) electrons. The fourth-order valence-electron chi connectivity index (χ4n) is 2.62. The first kappa shape index (κ1) is 15.5. The molecule has 1 aromatic heterocycles. The van der Waals surface area contributed by atoms with Crippen LogP contribution in [0.5, 0.6) is 0 Å². The van der Waals surface area contributed by atoms with Gasteiger partial charge in [0.05, 0.1) is 5.54 Å². The Morgan fingerprint density at radius 2 is 1.95 bits per heavy atom. The van der Waals surface area contributed by atoms with E-state index in [4.69, 9.17) is 5.73 Å². The normalized spacial score (nSPS) is 17.4. The zero-order valence-corrected chi connectivity index (χ0v) is 13.3. The second-order valence-electron chi connectivity index (χ2n) is 5.56. The van der Waals surface area contributed by atoms with Gasteiger partial charge in [-0.05, 0) is 35.2 Å². The summed E-state index contributed by atoms with van der Waals surface area (Å²) in [5.41, 5.74) is 6.91. The van der Waals surface area contributed by atoms with Gasteiger partial charge in [-0.15, -0.1) is 0 Å². The molecule has 0 atom stereocenters. The first-order valence-electron chi connectivity index (χ1n) is 7.40. The van der Waals surface area contributed by atoms with Crippen molar-refractivity contribution in [3.05, 3.63) is 22.4 Å². The highest BCUT2D eigenvalue weighted by Crippen LogP contribution is 2.18. The monoisotopic (exact) mass is 295 g/mol. The number of hydrogen-bond donors (Lipinski definition) is 1. The van der Waals surface area contributed by atoms with Crippen molar-refractivity contribution < 1.29 is 4.79 Å². The van der Waals surface area contributed by atoms with Gasteiger partial charge in [0.2, 0.25) is 5.91 Å². The molecule has 2 heterocycles. The van der Waals surface area contributed by atoms with Crippen molar-refractivity contribution in [2.75, 3.05) is 26.2 Å². The molecule has 1 saturated heterocycles. The molecule has 2 N–H and O–H groups in total. The van der Waals surface area contributed by atoms with Gasteiger partial charge >= 0.3 is 0 Å². The summed E-state index contributed by atoms with van der Waals surface area (Å²) in [7, 11) is 0. The second kappa shape index (κ2) is 6.70. The van der Waals surface area contributed by atoms with E-state index in [0.717, 1.165) is 32.7 Å². The summed E-state index contributed by atoms with van der Waals surface area (Å²) in [6.07, 6.45) is 1.41. The van der Waals surface area contributed by atoms with Gasteiger partial charge in [-0.1, -0.05) is 13.8 Å². The maximum absolute atomic E-state index is 12.5. The average Bonchev–Trinajstić information content (AvgIpc) is 2.99. The third-order valence-corrected chi connectivity index (χ3v) is 5.07. The van der Waals surface area contributed by atoms with Crippen LogP contribution in [0.2, 0.25) is 0 Å². The summed E-state index contributed by atoms with van der Waals surface area (Å²) < 4.78 is 0. The molecular weight excluding hydrogens is 270 g/mol. The molecule has 0 saturated carbocycles. The lowest BCUT2D eigenvalue weighted by molar-refractivity contribution is -0.139. The molecule has 0 aliphatic carbocycles. The topological polar surface area (TPSA) is 49.6 Å². The molecule has 1 aromatic rings. The quantitative estimate of drug-likeness (QED) is 0.903. The fraction of sp³-hybridized carbons (Fsp3) is 0.667. The van der Waals surface area contributed by atoms with Crippen LogP contribution in [0.15, 0.2) is 16.8 Å². The van der Waals surface area contributed by atoms with Crippen molar-refractivity contribution in [1.82, 2.24) is 9.80 Å². The highest BCUT2D eigenvalue weighted by Gasteiger charge is 2.35. The zero-order valence-electron chi connectivity index (χ0n) is 12.5. The molecule has 2 rings (SSSR count). The van der Waals surface area contributed by atoms with Crippen LogP contribution in [0.25, 0.3) is 0 Å². The largest absolute Gasteiger partial charge is 0.339 e. The lowest BCUT2D eigenvalue weighted by Crippen LogP contribution is -2.59. The number of amides is 1. The number of hydrogen-bond acceptors (Lipinski definition) is 4. The number of carbonyl (C=O) groups is 1. The Kier molecular flexibility index (Phi) is 5.18. The van der Waals surface area contributed by atoms with Crippen LogP contribution in [-0.4, -0.2) is 47.4 Å². The van der Waals surface area contributed by atoms with Crippen LogP contribution in [0.4, 0.5) is 0 Å². The highest BCUT2D eigenvalue weighted by molar-refractivity contribution is 7.07. The van der Waals surface area contributed by atoms with E-state index in [9.17, 15) is 4.79 Å². The van der Waals surface area contributed by atoms with Gasteiger partial charge in [0.25, 0.3) is 0 Å². The van der Waals surface area contributed by atoms with Crippen molar-refractivity contribution in [3.63, 3.8) is 0 Å². The summed E-state index contributed by atoms with van der Waals surface area (Å²) in [4.78, 5) is 16.8. The summed E-state index contributed by atoms with van der Waals surface area (Å²) in [5.74, 6) is 0.123. The number of piperazine rings is 1. The van der Waals surface area contributed by atoms with E-state index in [2.05, 4.69) is 21.7 Å². The molecule has 0 unspecified atom stereocenters. The van der Waals surface area contributed by atoms with Crippen molar-refractivity contribution >= 4 is 17.2 Å². The van der Waals surface area contributed by atoms with E-state index >= 15 is 0 Å². The van der Waals surface area contributed by atoms with Gasteiger partial charge in [-0.2, -0.15) is 11.3 Å². The van der Waals surface area contributed by atoms with Gasteiger partial charge in [-0.25, -0.2) is 0 Å². The molecule has 1 fully saturated rings. The molecule has 1 aliphatic heterocycles. The molecule has 112 valence electrons. The van der Waals surface area contributed by atoms with Crippen LogP contribution >= 0.6 is 11.3 Å². The van der Waals surface area contributed by atoms with Gasteiger partial charge in [0.15, 0.2) is 0 Å². The predicted molar refractivity (Wildman–Crippen MR) is 83.7 cm³/mol. The second-order valence-corrected chi connectivity index (χ2v) is 6.34. The summed E-state index contributed by atoms with van der Waals surface area (Å²) >= 11 is 1.74. The van der Waals surface area contributed by atoms with Crippen molar-refractivity contribution in [1.29, 1.82) is 0 Å². The summed E-state index contributed by atoms with van der Waals surface area (Å²) in [6, 6.07) is 2.17. The van der Waals surface area contributed by atoms with Crippen LogP contribution in [0.3, 0.4) is 0 Å². The van der Waals surface area contributed by atoms with Crippen molar-refractivity contribution in [2.45, 2.75) is 38.8 Å². The molecule has 0 spiro atoms. The SMILES string of the molecule is CCC(N)(CC)C(=O)N1CCN(Cc2ccsc2)CC1. The Balaban J connectivity index is 1.86. The van der Waals surface area contributed by atoms with E-state index in [1.54, 1.807) is 11.3 Å². The van der Waals surface area contributed by atoms with E-state index in [0.29, 0.717) is 12.8 Å². The van der Waals surface area contributed by atoms with Crippen LogP contribution in [0, 0.1) is 0 Å². The molecule has 4 nitrogen and oxygen atoms in total. The number of rotatable bonds is 5. The van der Waals surface area contributed by atoms with E-state index in [1.807, 2.05) is 18.7 Å². The predicted octanol–water partition coefficient (Wildman–Crippen LogP) is 1.91. The standard InChI is InChI=1S/C15H25N3OS/c1-3-15(16,4-2)14(19)18-8-6-17(7-9-18)11-13-5-10-20-12-13/h5,10,12H,3-4,6-9,11,16H2,1-2H3. The number of carbonyl (C=O) groups excluding carboxylic acids is 1. The van der Waals surface area contributed by atoms with E-state index in [1.165, 1.54) is 5.56 Å². The Labute approximate surface area is 125 Å². The smallest absolute Gasteiger partial charge is 0.242 e. The van der Waals surface area contributed by atoms with Crippen molar-refractivity contribution in [3.8, 4) is 0 Å². The molecule has 20 heavy (non-hydrogen) atoms. The van der Waals surface area contributed by atoms with Crippen molar-refractivity contribution in [2.24, 2.45) is 5.73 Å². The Hall–Kier alpha value is -0.910. The van der Waals surface area contributed by atoms with Gasteiger partial charge in [0, 0.05) is 32.7 Å². The number of nitrogens with two attached hydrogens (primary N) is 1. The van der Waals surface area contributed by atoms with Gasteiger partial charge in [-0.3, -0.25) is 9.69 Å².